The van der Waals surface area contributed by atoms with E-state index in [2.05, 4.69) is 41.2 Å². The third-order valence-electron chi connectivity index (χ3n) is 6.64. The van der Waals surface area contributed by atoms with E-state index in [1.165, 1.54) is 15.4 Å². The first-order valence-electron chi connectivity index (χ1n) is 11.5. The number of aryl methyl sites for hydroxylation is 3. The molecule has 180 valence electrons. The first-order chi connectivity index (χ1) is 15.8. The number of hydrogen-bond acceptors (Lipinski definition) is 7. The van der Waals surface area contributed by atoms with Crippen LogP contribution in [0.1, 0.15) is 22.6 Å². The Balaban J connectivity index is 1.24. The maximum absolute atomic E-state index is 13.0. The summed E-state index contributed by atoms with van der Waals surface area (Å²) in [6.07, 6.45) is 0. The van der Waals surface area contributed by atoms with Gasteiger partial charge < -0.3 is 9.42 Å². The molecule has 2 saturated heterocycles. The number of carbonyl (C=O) groups is 1. The van der Waals surface area contributed by atoms with Crippen LogP contribution < -0.4 is 0 Å². The van der Waals surface area contributed by atoms with Gasteiger partial charge in [0.1, 0.15) is 10.6 Å². The van der Waals surface area contributed by atoms with E-state index < -0.39 is 10.0 Å². The Morgan fingerprint density at radius 2 is 1.58 bits per heavy atom. The number of piperazine rings is 2. The highest BCUT2D eigenvalue weighted by atomic mass is 32.2. The van der Waals surface area contributed by atoms with Gasteiger partial charge in [0.2, 0.25) is 15.9 Å². The summed E-state index contributed by atoms with van der Waals surface area (Å²) in [4.78, 5) is 19.4. The van der Waals surface area contributed by atoms with E-state index in [-0.39, 0.29) is 10.8 Å². The molecule has 2 fully saturated rings. The Bertz CT molecular complexity index is 1060. The lowest BCUT2D eigenvalue weighted by Crippen LogP contribution is -2.54. The molecule has 0 atom stereocenters. The minimum Gasteiger partial charge on any atom is -0.360 e. The number of benzene rings is 1. The van der Waals surface area contributed by atoms with Crippen molar-refractivity contribution in [2.75, 3.05) is 58.9 Å². The summed E-state index contributed by atoms with van der Waals surface area (Å²) in [5, 5.41) is 3.77. The maximum atomic E-state index is 13.0. The predicted octanol–water partition coefficient (Wildman–Crippen LogP) is 1.25. The zero-order valence-electron chi connectivity index (χ0n) is 19.7. The summed E-state index contributed by atoms with van der Waals surface area (Å²) < 4.78 is 32.5. The van der Waals surface area contributed by atoms with Crippen LogP contribution in [0.5, 0.6) is 0 Å². The zero-order chi connectivity index (χ0) is 23.6. The lowest BCUT2D eigenvalue weighted by Gasteiger charge is -2.37. The molecular weight excluding hydrogens is 442 g/mol. The van der Waals surface area contributed by atoms with Crippen molar-refractivity contribution in [2.45, 2.75) is 32.2 Å². The number of aromatic nitrogens is 1. The van der Waals surface area contributed by atoms with Crippen LogP contribution in [-0.2, 0) is 21.4 Å². The minimum absolute atomic E-state index is 0.118. The van der Waals surface area contributed by atoms with Crippen LogP contribution in [0.4, 0.5) is 0 Å². The summed E-state index contributed by atoms with van der Waals surface area (Å²) >= 11 is 0. The van der Waals surface area contributed by atoms with Gasteiger partial charge in [-0.05, 0) is 31.9 Å². The van der Waals surface area contributed by atoms with Crippen molar-refractivity contribution in [3.8, 4) is 0 Å². The van der Waals surface area contributed by atoms with E-state index in [1.54, 1.807) is 13.8 Å². The molecule has 0 N–H and O–H groups in total. The SMILES string of the molecule is Cc1ccccc1CN1CCN(C(=O)CN2CCN(S(=O)(=O)c3c(C)noc3C)CC2)CC1. The van der Waals surface area contributed by atoms with E-state index in [0.717, 1.165) is 32.7 Å². The van der Waals surface area contributed by atoms with Gasteiger partial charge in [0.05, 0.1) is 6.54 Å². The largest absolute Gasteiger partial charge is 0.360 e. The smallest absolute Gasteiger partial charge is 0.248 e. The Labute approximate surface area is 196 Å². The number of carbonyl (C=O) groups excluding carboxylic acids is 1. The molecule has 10 heteroatoms. The van der Waals surface area contributed by atoms with Crippen LogP contribution in [0, 0.1) is 20.8 Å². The molecule has 2 aromatic rings. The summed E-state index contributed by atoms with van der Waals surface area (Å²) in [5.74, 6) is 0.430. The monoisotopic (exact) mass is 475 g/mol. The summed E-state index contributed by atoms with van der Waals surface area (Å²) in [6, 6.07) is 8.43. The molecule has 3 heterocycles. The molecule has 1 amide bonds. The molecule has 0 spiro atoms. The second-order valence-corrected chi connectivity index (χ2v) is 10.8. The average molecular weight is 476 g/mol. The van der Waals surface area contributed by atoms with Gasteiger partial charge in [-0.25, -0.2) is 8.42 Å². The number of amides is 1. The van der Waals surface area contributed by atoms with Crippen molar-refractivity contribution < 1.29 is 17.7 Å². The van der Waals surface area contributed by atoms with Crippen LogP contribution in [0.25, 0.3) is 0 Å². The molecule has 0 bridgehead atoms. The van der Waals surface area contributed by atoms with Crippen LogP contribution in [0.2, 0.25) is 0 Å². The van der Waals surface area contributed by atoms with E-state index in [9.17, 15) is 13.2 Å². The predicted molar refractivity (Wildman–Crippen MR) is 124 cm³/mol. The third kappa shape index (κ3) is 5.29. The van der Waals surface area contributed by atoms with Crippen molar-refractivity contribution >= 4 is 15.9 Å². The van der Waals surface area contributed by atoms with Crippen LogP contribution in [-0.4, -0.2) is 97.4 Å². The van der Waals surface area contributed by atoms with E-state index in [4.69, 9.17) is 4.52 Å². The second-order valence-electron chi connectivity index (χ2n) is 8.92. The summed E-state index contributed by atoms with van der Waals surface area (Å²) in [6.45, 7) is 11.6. The fourth-order valence-corrected chi connectivity index (χ4v) is 6.29. The Hall–Kier alpha value is -2.27. The van der Waals surface area contributed by atoms with Crippen LogP contribution in [0.15, 0.2) is 33.7 Å². The number of hydrogen-bond donors (Lipinski definition) is 0. The highest BCUT2D eigenvalue weighted by Crippen LogP contribution is 2.24. The molecule has 0 aliphatic carbocycles. The fraction of sp³-hybridized carbons (Fsp3) is 0.565. The van der Waals surface area contributed by atoms with Gasteiger partial charge in [0, 0.05) is 58.9 Å². The molecule has 9 nitrogen and oxygen atoms in total. The quantitative estimate of drug-likeness (QED) is 0.621. The number of sulfonamides is 1. The van der Waals surface area contributed by atoms with Crippen LogP contribution in [0.3, 0.4) is 0 Å². The van der Waals surface area contributed by atoms with Gasteiger partial charge in [-0.2, -0.15) is 4.31 Å². The summed E-state index contributed by atoms with van der Waals surface area (Å²) in [7, 11) is -3.64. The van der Waals surface area contributed by atoms with Crippen molar-refractivity contribution in [3.05, 3.63) is 46.8 Å². The normalized spacial score (nSPS) is 19.2. The molecular formula is C23H33N5O4S. The van der Waals surface area contributed by atoms with Crippen molar-refractivity contribution in [3.63, 3.8) is 0 Å². The lowest BCUT2D eigenvalue weighted by molar-refractivity contribution is -0.134. The zero-order valence-corrected chi connectivity index (χ0v) is 20.5. The molecule has 1 aromatic heterocycles. The average Bonchev–Trinajstić information content (AvgIpc) is 3.15. The minimum atomic E-state index is -3.64. The van der Waals surface area contributed by atoms with Gasteiger partial charge >= 0.3 is 0 Å². The van der Waals surface area contributed by atoms with E-state index >= 15 is 0 Å². The van der Waals surface area contributed by atoms with Gasteiger partial charge in [-0.1, -0.05) is 29.4 Å². The van der Waals surface area contributed by atoms with E-state index in [0.29, 0.717) is 44.2 Å². The lowest BCUT2D eigenvalue weighted by atomic mass is 10.1. The highest BCUT2D eigenvalue weighted by molar-refractivity contribution is 7.89. The van der Waals surface area contributed by atoms with Crippen molar-refractivity contribution in [1.82, 2.24) is 24.2 Å². The van der Waals surface area contributed by atoms with E-state index in [1.807, 2.05) is 9.80 Å². The molecule has 0 saturated carbocycles. The molecule has 0 unspecified atom stereocenters. The molecule has 0 radical (unpaired) electrons. The molecule has 2 aliphatic rings. The van der Waals surface area contributed by atoms with Crippen LogP contribution >= 0.6 is 0 Å². The van der Waals surface area contributed by atoms with Gasteiger partial charge in [0.15, 0.2) is 5.76 Å². The van der Waals surface area contributed by atoms with Gasteiger partial charge in [0.25, 0.3) is 0 Å². The van der Waals surface area contributed by atoms with Crippen molar-refractivity contribution in [2.24, 2.45) is 0 Å². The topological polar surface area (TPSA) is 90.2 Å². The van der Waals surface area contributed by atoms with Gasteiger partial charge in [-0.15, -0.1) is 0 Å². The molecule has 2 aliphatic heterocycles. The number of rotatable bonds is 6. The Morgan fingerprint density at radius 3 is 2.18 bits per heavy atom. The maximum Gasteiger partial charge on any atom is 0.248 e. The van der Waals surface area contributed by atoms with Crippen molar-refractivity contribution in [1.29, 1.82) is 0 Å². The van der Waals surface area contributed by atoms with Gasteiger partial charge in [-0.3, -0.25) is 14.6 Å². The summed E-state index contributed by atoms with van der Waals surface area (Å²) in [5.41, 5.74) is 3.01. The second kappa shape index (κ2) is 9.92. The standard InChI is InChI=1S/C23H33N5O4S/c1-18-6-4-5-7-21(18)16-25-8-12-27(13-9-25)22(29)17-26-10-14-28(15-11-26)33(30,31)23-19(2)24-32-20(23)3/h4-7H,8-17H2,1-3H3. The Kier molecular flexibility index (Phi) is 7.18. The molecule has 4 rings (SSSR count). The first-order valence-corrected chi connectivity index (χ1v) is 12.9. The first kappa shape index (κ1) is 23.9. The highest BCUT2D eigenvalue weighted by Gasteiger charge is 2.34. The molecule has 33 heavy (non-hydrogen) atoms. The molecule has 1 aromatic carbocycles. The Morgan fingerprint density at radius 1 is 0.939 bits per heavy atom. The third-order valence-corrected chi connectivity index (χ3v) is 8.78. The fourth-order valence-electron chi connectivity index (χ4n) is 4.58. The number of nitrogens with zero attached hydrogens (tertiary/aromatic N) is 5.